The molecule has 1 aliphatic heterocycles. The summed E-state index contributed by atoms with van der Waals surface area (Å²) in [6.45, 7) is 1.97. The van der Waals surface area contributed by atoms with Crippen molar-refractivity contribution in [3.8, 4) is 0 Å². The molecule has 2 heterocycles. The molecule has 1 saturated heterocycles. The van der Waals surface area contributed by atoms with Crippen LogP contribution in [0.3, 0.4) is 0 Å². The number of rotatable bonds is 7. The van der Waals surface area contributed by atoms with Gasteiger partial charge in [-0.05, 0) is 18.4 Å². The second-order valence-electron chi connectivity index (χ2n) is 7.23. The number of likely N-dealkylation sites (tertiary alicyclic amines) is 1. The Kier molecular flexibility index (Phi) is 5.29. The smallest absolute Gasteiger partial charge is 0.233 e. The van der Waals surface area contributed by atoms with Gasteiger partial charge in [0, 0.05) is 19.5 Å². The third-order valence-electron chi connectivity index (χ3n) is 5.25. The van der Waals surface area contributed by atoms with Crippen molar-refractivity contribution < 1.29 is 14.1 Å². The zero-order chi connectivity index (χ0) is 17.8. The molecule has 0 bridgehead atoms. The second-order valence-corrected chi connectivity index (χ2v) is 7.23. The fourth-order valence-corrected chi connectivity index (χ4v) is 3.63. The van der Waals surface area contributed by atoms with Crippen LogP contribution in [0.1, 0.15) is 48.9 Å². The zero-order valence-corrected chi connectivity index (χ0v) is 15.0. The van der Waals surface area contributed by atoms with Gasteiger partial charge in [-0.3, -0.25) is 4.79 Å². The molecule has 4 rings (SSSR count). The molecule has 6 heteroatoms. The zero-order valence-electron chi connectivity index (χ0n) is 15.0. The van der Waals surface area contributed by atoms with Gasteiger partial charge in [-0.25, -0.2) is 0 Å². The van der Waals surface area contributed by atoms with E-state index in [0.29, 0.717) is 50.4 Å². The summed E-state index contributed by atoms with van der Waals surface area (Å²) in [5.74, 6) is 1.65. The summed E-state index contributed by atoms with van der Waals surface area (Å²) in [6, 6.07) is 9.83. The molecule has 2 aliphatic rings. The second kappa shape index (κ2) is 7.99. The molecule has 1 saturated carbocycles. The lowest BCUT2D eigenvalue weighted by Crippen LogP contribution is -2.49. The van der Waals surface area contributed by atoms with E-state index >= 15 is 0 Å². The van der Waals surface area contributed by atoms with Crippen molar-refractivity contribution >= 4 is 5.91 Å². The lowest BCUT2D eigenvalue weighted by molar-refractivity contribution is -0.135. The fraction of sp³-hybridized carbons (Fsp3) is 0.550. The minimum Gasteiger partial charge on any atom is -0.378 e. The summed E-state index contributed by atoms with van der Waals surface area (Å²) in [4.78, 5) is 18.6. The number of aromatic nitrogens is 2. The number of ether oxygens (including phenoxy) is 1. The Bertz CT molecular complexity index is 719. The van der Waals surface area contributed by atoms with Crippen LogP contribution in [0.4, 0.5) is 0 Å². The van der Waals surface area contributed by atoms with Gasteiger partial charge in [0.1, 0.15) is 0 Å². The largest absolute Gasteiger partial charge is 0.378 e. The number of carbonyl (C=O) groups excluding carboxylic acids is 1. The number of benzene rings is 1. The van der Waals surface area contributed by atoms with E-state index in [2.05, 4.69) is 10.1 Å². The predicted octanol–water partition coefficient (Wildman–Crippen LogP) is 2.74. The van der Waals surface area contributed by atoms with Gasteiger partial charge in [0.25, 0.3) is 0 Å². The summed E-state index contributed by atoms with van der Waals surface area (Å²) in [7, 11) is 0. The summed E-state index contributed by atoms with van der Waals surface area (Å²) in [6.07, 6.45) is 6.44. The highest BCUT2D eigenvalue weighted by atomic mass is 16.5. The molecule has 0 atom stereocenters. The van der Waals surface area contributed by atoms with Gasteiger partial charge in [0.2, 0.25) is 11.8 Å². The molecule has 26 heavy (non-hydrogen) atoms. The first-order valence-electron chi connectivity index (χ1n) is 9.54. The maximum Gasteiger partial charge on any atom is 0.233 e. The number of nitrogens with zero attached hydrogens (tertiary/aromatic N) is 3. The van der Waals surface area contributed by atoms with Gasteiger partial charge < -0.3 is 14.2 Å². The van der Waals surface area contributed by atoms with E-state index in [-0.39, 0.29) is 11.8 Å². The Balaban J connectivity index is 1.20. The molecule has 0 spiro atoms. The molecule has 1 amide bonds. The van der Waals surface area contributed by atoms with Crippen molar-refractivity contribution in [3.63, 3.8) is 0 Å². The van der Waals surface area contributed by atoms with Gasteiger partial charge in [-0.2, -0.15) is 4.98 Å². The standard InChI is InChI=1S/C20H25N3O3/c24-19(12-15-6-2-1-3-7-15)23-13-16(14-23)20-21-18(22-26-20)10-11-25-17-8-4-5-9-17/h1-3,6-7,16-17H,4-5,8-14H2. The third kappa shape index (κ3) is 4.12. The first-order valence-corrected chi connectivity index (χ1v) is 9.54. The van der Waals surface area contributed by atoms with E-state index in [0.717, 1.165) is 5.56 Å². The summed E-state index contributed by atoms with van der Waals surface area (Å²) in [5, 5.41) is 4.05. The number of carbonyl (C=O) groups is 1. The number of hydrogen-bond donors (Lipinski definition) is 0. The van der Waals surface area contributed by atoms with Crippen LogP contribution in [0.15, 0.2) is 34.9 Å². The van der Waals surface area contributed by atoms with Crippen LogP contribution < -0.4 is 0 Å². The highest BCUT2D eigenvalue weighted by molar-refractivity contribution is 5.79. The highest BCUT2D eigenvalue weighted by Crippen LogP contribution is 2.26. The molecule has 1 aromatic carbocycles. The van der Waals surface area contributed by atoms with E-state index in [1.165, 1.54) is 25.7 Å². The highest BCUT2D eigenvalue weighted by Gasteiger charge is 2.35. The maximum atomic E-state index is 12.3. The molecular weight excluding hydrogens is 330 g/mol. The molecular formula is C20H25N3O3. The quantitative estimate of drug-likeness (QED) is 0.764. The summed E-state index contributed by atoms with van der Waals surface area (Å²) < 4.78 is 11.2. The van der Waals surface area contributed by atoms with E-state index < -0.39 is 0 Å². The van der Waals surface area contributed by atoms with E-state index in [1.807, 2.05) is 35.2 Å². The van der Waals surface area contributed by atoms with E-state index in [1.54, 1.807) is 0 Å². The van der Waals surface area contributed by atoms with Crippen molar-refractivity contribution in [3.05, 3.63) is 47.6 Å². The SMILES string of the molecule is O=C(Cc1ccccc1)N1CC(c2nc(CCOC3CCCC3)no2)C1. The fourth-order valence-electron chi connectivity index (χ4n) is 3.63. The molecule has 2 fully saturated rings. The van der Waals surface area contributed by atoms with E-state index in [9.17, 15) is 4.79 Å². The van der Waals surface area contributed by atoms with Crippen LogP contribution >= 0.6 is 0 Å². The molecule has 1 aliphatic carbocycles. The Hall–Kier alpha value is -2.21. The van der Waals surface area contributed by atoms with Crippen LogP contribution in [-0.2, 0) is 22.4 Å². The average Bonchev–Trinajstić information content (AvgIpc) is 3.27. The van der Waals surface area contributed by atoms with Gasteiger partial charge >= 0.3 is 0 Å². The van der Waals surface area contributed by atoms with Gasteiger partial charge in [0.05, 0.1) is 25.0 Å². The van der Waals surface area contributed by atoms with Crippen molar-refractivity contribution in [2.75, 3.05) is 19.7 Å². The van der Waals surface area contributed by atoms with Gasteiger partial charge in [0.15, 0.2) is 5.82 Å². The summed E-state index contributed by atoms with van der Waals surface area (Å²) in [5.41, 5.74) is 1.04. The third-order valence-corrected chi connectivity index (χ3v) is 5.25. The Labute approximate surface area is 153 Å². The number of hydrogen-bond acceptors (Lipinski definition) is 5. The lowest BCUT2D eigenvalue weighted by Gasteiger charge is -2.37. The van der Waals surface area contributed by atoms with Crippen LogP contribution in [0.25, 0.3) is 0 Å². The van der Waals surface area contributed by atoms with Crippen molar-refractivity contribution in [1.82, 2.24) is 15.0 Å². The van der Waals surface area contributed by atoms with Crippen molar-refractivity contribution in [2.24, 2.45) is 0 Å². The first kappa shape index (κ1) is 17.2. The first-order chi connectivity index (χ1) is 12.8. The number of amides is 1. The average molecular weight is 355 g/mol. The monoisotopic (exact) mass is 355 g/mol. The maximum absolute atomic E-state index is 12.3. The van der Waals surface area contributed by atoms with Crippen LogP contribution in [-0.4, -0.2) is 46.7 Å². The topological polar surface area (TPSA) is 68.5 Å². The van der Waals surface area contributed by atoms with Crippen LogP contribution in [0.2, 0.25) is 0 Å². The molecule has 0 radical (unpaired) electrons. The lowest BCUT2D eigenvalue weighted by atomic mass is 9.99. The minimum absolute atomic E-state index is 0.150. The predicted molar refractivity (Wildman–Crippen MR) is 95.7 cm³/mol. The van der Waals surface area contributed by atoms with Gasteiger partial charge in [-0.1, -0.05) is 48.3 Å². The Morgan fingerprint density at radius 2 is 1.96 bits per heavy atom. The molecule has 138 valence electrons. The Morgan fingerprint density at radius 1 is 1.19 bits per heavy atom. The van der Waals surface area contributed by atoms with Crippen LogP contribution in [0.5, 0.6) is 0 Å². The molecule has 2 aromatic rings. The minimum atomic E-state index is 0.150. The Morgan fingerprint density at radius 3 is 2.73 bits per heavy atom. The van der Waals surface area contributed by atoms with Crippen molar-refractivity contribution in [1.29, 1.82) is 0 Å². The van der Waals surface area contributed by atoms with Crippen LogP contribution in [0, 0.1) is 0 Å². The normalized spacial score (nSPS) is 18.2. The summed E-state index contributed by atoms with van der Waals surface area (Å²) >= 11 is 0. The van der Waals surface area contributed by atoms with E-state index in [4.69, 9.17) is 9.26 Å². The molecule has 0 unspecified atom stereocenters. The van der Waals surface area contributed by atoms with Gasteiger partial charge in [-0.15, -0.1) is 0 Å². The molecule has 6 nitrogen and oxygen atoms in total. The van der Waals surface area contributed by atoms with Crippen molar-refractivity contribution in [2.45, 2.75) is 50.5 Å². The molecule has 1 aromatic heterocycles. The molecule has 0 N–H and O–H groups in total.